The second kappa shape index (κ2) is 7.56. The van der Waals surface area contributed by atoms with Gasteiger partial charge in [-0.05, 0) is 59.6 Å². The van der Waals surface area contributed by atoms with Crippen molar-refractivity contribution < 1.29 is 9.47 Å². The molecule has 0 saturated carbocycles. The fourth-order valence-electron chi connectivity index (χ4n) is 1.96. The quantitative estimate of drug-likeness (QED) is 0.500. The SMILES string of the molecule is COc1cc(/C=N\n2c(=S)[nH][nH]c2=S)ccc1OCc1cccs1. The molecule has 2 aromatic heterocycles. The molecule has 24 heavy (non-hydrogen) atoms. The molecule has 3 rings (SSSR count). The van der Waals surface area contributed by atoms with Crippen LogP contribution in [0.25, 0.3) is 0 Å². The van der Waals surface area contributed by atoms with E-state index in [2.05, 4.69) is 15.3 Å². The number of rotatable bonds is 6. The van der Waals surface area contributed by atoms with Gasteiger partial charge in [0.1, 0.15) is 6.61 Å². The molecule has 0 fully saturated rings. The molecule has 2 heterocycles. The third-order valence-corrected chi connectivity index (χ3v) is 4.52. The van der Waals surface area contributed by atoms with Crippen LogP contribution in [-0.2, 0) is 6.61 Å². The van der Waals surface area contributed by atoms with Crippen molar-refractivity contribution in [3.8, 4) is 11.5 Å². The van der Waals surface area contributed by atoms with Crippen LogP contribution in [0.4, 0.5) is 0 Å². The van der Waals surface area contributed by atoms with E-state index in [1.54, 1.807) is 24.7 Å². The van der Waals surface area contributed by atoms with Crippen molar-refractivity contribution in [3.63, 3.8) is 0 Å². The van der Waals surface area contributed by atoms with Crippen LogP contribution in [0.2, 0.25) is 0 Å². The third kappa shape index (κ3) is 3.81. The van der Waals surface area contributed by atoms with E-state index >= 15 is 0 Å². The Labute approximate surface area is 152 Å². The first kappa shape index (κ1) is 16.6. The Bertz CT molecular complexity index is 926. The van der Waals surface area contributed by atoms with Crippen LogP contribution in [0.15, 0.2) is 40.8 Å². The topological polar surface area (TPSA) is 67.3 Å². The van der Waals surface area contributed by atoms with Crippen LogP contribution >= 0.6 is 35.8 Å². The zero-order chi connectivity index (χ0) is 16.9. The van der Waals surface area contributed by atoms with Crippen molar-refractivity contribution in [2.24, 2.45) is 5.10 Å². The number of methoxy groups -OCH3 is 1. The molecule has 0 amide bonds. The molecular formula is C15H14N4O2S3. The van der Waals surface area contributed by atoms with Gasteiger partial charge in [-0.2, -0.15) is 9.78 Å². The molecule has 0 aliphatic rings. The molecule has 0 aliphatic carbocycles. The van der Waals surface area contributed by atoms with Gasteiger partial charge < -0.3 is 9.47 Å². The van der Waals surface area contributed by atoms with Gasteiger partial charge in [-0.25, -0.2) is 0 Å². The number of hydrogen-bond donors (Lipinski definition) is 2. The van der Waals surface area contributed by atoms with Gasteiger partial charge in [0, 0.05) is 4.88 Å². The molecule has 3 aromatic rings. The standard InChI is InChI=1S/C15H14N4O2S3/c1-20-13-7-10(8-16-19-14(22)17-18-15(19)23)4-5-12(13)21-9-11-3-2-6-24-11/h2-8H,9H2,1H3,(H,17,22)(H,18,23)/b16-8-. The van der Waals surface area contributed by atoms with Crippen LogP contribution in [-0.4, -0.2) is 28.2 Å². The van der Waals surface area contributed by atoms with E-state index in [-0.39, 0.29) is 0 Å². The molecule has 9 heteroatoms. The highest BCUT2D eigenvalue weighted by molar-refractivity contribution is 7.72. The van der Waals surface area contributed by atoms with E-state index in [0.29, 0.717) is 27.6 Å². The lowest BCUT2D eigenvalue weighted by Gasteiger charge is -2.10. The summed E-state index contributed by atoms with van der Waals surface area (Å²) in [6, 6.07) is 9.61. The van der Waals surface area contributed by atoms with Gasteiger partial charge in [0.15, 0.2) is 11.5 Å². The highest BCUT2D eigenvalue weighted by Gasteiger charge is 2.06. The van der Waals surface area contributed by atoms with Gasteiger partial charge in [0.2, 0.25) is 9.54 Å². The number of aromatic amines is 2. The Kier molecular flexibility index (Phi) is 5.24. The number of benzene rings is 1. The van der Waals surface area contributed by atoms with Gasteiger partial charge in [0.25, 0.3) is 0 Å². The van der Waals surface area contributed by atoms with Crippen molar-refractivity contribution in [3.05, 3.63) is 55.7 Å². The summed E-state index contributed by atoms with van der Waals surface area (Å²) in [6.07, 6.45) is 1.65. The summed E-state index contributed by atoms with van der Waals surface area (Å²) in [5.41, 5.74) is 0.841. The van der Waals surface area contributed by atoms with Gasteiger partial charge >= 0.3 is 0 Å². The Morgan fingerprint density at radius 2 is 2.00 bits per heavy atom. The molecule has 0 spiro atoms. The number of ether oxygens (including phenoxy) is 2. The van der Waals surface area contributed by atoms with Crippen LogP contribution in [0.5, 0.6) is 11.5 Å². The van der Waals surface area contributed by atoms with E-state index in [4.69, 9.17) is 33.9 Å². The molecule has 0 unspecified atom stereocenters. The summed E-state index contributed by atoms with van der Waals surface area (Å²) in [5.74, 6) is 1.32. The Hall–Kier alpha value is -2.23. The zero-order valence-corrected chi connectivity index (χ0v) is 15.1. The number of aromatic nitrogens is 3. The largest absolute Gasteiger partial charge is 0.493 e. The molecule has 124 valence electrons. The van der Waals surface area contributed by atoms with Gasteiger partial charge in [-0.3, -0.25) is 10.2 Å². The number of nitrogens with zero attached hydrogens (tertiary/aromatic N) is 2. The molecule has 6 nitrogen and oxygen atoms in total. The summed E-state index contributed by atoms with van der Waals surface area (Å²) in [4.78, 5) is 1.15. The first-order valence-electron chi connectivity index (χ1n) is 6.94. The van der Waals surface area contributed by atoms with Crippen LogP contribution in [0.3, 0.4) is 0 Å². The Morgan fingerprint density at radius 3 is 2.67 bits per heavy atom. The molecule has 0 aliphatic heterocycles. The summed E-state index contributed by atoms with van der Waals surface area (Å²) < 4.78 is 13.4. The molecule has 2 N–H and O–H groups in total. The molecule has 0 saturated heterocycles. The fraction of sp³-hybridized carbons (Fsp3) is 0.133. The third-order valence-electron chi connectivity index (χ3n) is 3.12. The van der Waals surface area contributed by atoms with Crippen molar-refractivity contribution in [2.45, 2.75) is 6.61 Å². The maximum absolute atomic E-state index is 5.81. The van der Waals surface area contributed by atoms with Crippen LogP contribution < -0.4 is 9.47 Å². The summed E-state index contributed by atoms with van der Waals surface area (Å²) in [6.45, 7) is 0.509. The normalized spacial score (nSPS) is 11.0. The summed E-state index contributed by atoms with van der Waals surface area (Å²) in [5, 5.41) is 11.7. The fourth-order valence-corrected chi connectivity index (χ4v) is 3.01. The lowest BCUT2D eigenvalue weighted by atomic mass is 10.2. The van der Waals surface area contributed by atoms with Gasteiger partial charge in [-0.15, -0.1) is 11.3 Å². The van der Waals surface area contributed by atoms with Crippen LogP contribution in [0.1, 0.15) is 10.4 Å². The minimum atomic E-state index is 0.402. The predicted molar refractivity (Wildman–Crippen MR) is 99.4 cm³/mol. The lowest BCUT2D eigenvalue weighted by Crippen LogP contribution is -1.97. The van der Waals surface area contributed by atoms with Crippen LogP contribution in [0, 0.1) is 9.54 Å². The van der Waals surface area contributed by atoms with E-state index in [1.807, 2.05) is 35.7 Å². The first-order valence-corrected chi connectivity index (χ1v) is 8.64. The summed E-state index contributed by atoms with van der Waals surface area (Å²) >= 11 is 11.8. The highest BCUT2D eigenvalue weighted by atomic mass is 32.1. The molecular weight excluding hydrogens is 364 g/mol. The zero-order valence-electron chi connectivity index (χ0n) is 12.7. The number of thiophene rings is 1. The number of nitrogens with one attached hydrogen (secondary N) is 2. The van der Waals surface area contributed by atoms with Crippen molar-refractivity contribution >= 4 is 42.0 Å². The first-order chi connectivity index (χ1) is 11.7. The monoisotopic (exact) mass is 378 g/mol. The molecule has 0 radical (unpaired) electrons. The smallest absolute Gasteiger partial charge is 0.215 e. The number of hydrogen-bond acceptors (Lipinski definition) is 6. The second-order valence-corrected chi connectivity index (χ2v) is 6.50. The van der Waals surface area contributed by atoms with Crippen molar-refractivity contribution in [2.75, 3.05) is 7.11 Å². The van der Waals surface area contributed by atoms with E-state index in [0.717, 1.165) is 10.4 Å². The van der Waals surface area contributed by atoms with Crippen molar-refractivity contribution in [1.29, 1.82) is 0 Å². The van der Waals surface area contributed by atoms with Gasteiger partial charge in [-0.1, -0.05) is 6.07 Å². The van der Waals surface area contributed by atoms with Gasteiger partial charge in [0.05, 0.1) is 13.3 Å². The predicted octanol–water partition coefficient (Wildman–Crippen LogP) is 4.13. The highest BCUT2D eigenvalue weighted by Crippen LogP contribution is 2.28. The Morgan fingerprint density at radius 1 is 1.21 bits per heavy atom. The number of H-pyrrole nitrogens is 2. The maximum atomic E-state index is 5.81. The average molecular weight is 379 g/mol. The van der Waals surface area contributed by atoms with E-state index in [9.17, 15) is 0 Å². The average Bonchev–Trinajstić information content (AvgIpc) is 3.22. The molecule has 0 atom stereocenters. The van der Waals surface area contributed by atoms with Crippen molar-refractivity contribution in [1.82, 2.24) is 14.9 Å². The van der Waals surface area contributed by atoms with E-state index in [1.165, 1.54) is 4.68 Å². The lowest BCUT2D eigenvalue weighted by molar-refractivity contribution is 0.287. The molecule has 1 aromatic carbocycles. The minimum absolute atomic E-state index is 0.402. The second-order valence-electron chi connectivity index (χ2n) is 4.70. The molecule has 0 bridgehead atoms. The maximum Gasteiger partial charge on any atom is 0.215 e. The Balaban J connectivity index is 1.78. The van der Waals surface area contributed by atoms with E-state index < -0.39 is 0 Å². The summed E-state index contributed by atoms with van der Waals surface area (Å²) in [7, 11) is 1.60. The minimum Gasteiger partial charge on any atom is -0.493 e.